The van der Waals surface area contributed by atoms with Crippen molar-refractivity contribution in [1.82, 2.24) is 0 Å². The van der Waals surface area contributed by atoms with Gasteiger partial charge in [-0.3, -0.25) is 4.79 Å². The second-order valence-corrected chi connectivity index (χ2v) is 2.86. The van der Waals surface area contributed by atoms with Crippen molar-refractivity contribution >= 4 is 5.97 Å². The SMILES string of the molecule is CC(O)CC(N)(N)CC(=O)O. The maximum atomic E-state index is 10.2. The van der Waals surface area contributed by atoms with E-state index in [0.29, 0.717) is 0 Å². The molecule has 11 heavy (non-hydrogen) atoms. The molecule has 0 radical (unpaired) electrons. The zero-order valence-electron chi connectivity index (χ0n) is 6.45. The van der Waals surface area contributed by atoms with Gasteiger partial charge in [0.1, 0.15) is 0 Å². The van der Waals surface area contributed by atoms with Gasteiger partial charge in [-0.25, -0.2) is 0 Å². The molecule has 0 bridgehead atoms. The van der Waals surface area contributed by atoms with E-state index in [1.54, 1.807) is 0 Å². The van der Waals surface area contributed by atoms with Crippen LogP contribution in [0, 0.1) is 0 Å². The monoisotopic (exact) mass is 162 g/mol. The van der Waals surface area contributed by atoms with Crippen molar-refractivity contribution < 1.29 is 15.0 Å². The second kappa shape index (κ2) is 3.66. The number of carboxylic acid groups (broad SMARTS) is 1. The molecule has 0 spiro atoms. The first-order valence-corrected chi connectivity index (χ1v) is 3.31. The largest absolute Gasteiger partial charge is 0.481 e. The summed E-state index contributed by atoms with van der Waals surface area (Å²) in [6.45, 7) is 1.51. The molecule has 0 rings (SSSR count). The number of hydrogen-bond acceptors (Lipinski definition) is 4. The first-order chi connectivity index (χ1) is 4.83. The minimum absolute atomic E-state index is 0.0826. The van der Waals surface area contributed by atoms with Gasteiger partial charge in [0, 0.05) is 6.42 Å². The van der Waals surface area contributed by atoms with Gasteiger partial charge in [0.15, 0.2) is 0 Å². The van der Waals surface area contributed by atoms with Crippen LogP contribution in [0.1, 0.15) is 19.8 Å². The first-order valence-electron chi connectivity index (χ1n) is 3.31. The van der Waals surface area contributed by atoms with Crippen LogP contribution >= 0.6 is 0 Å². The Morgan fingerprint density at radius 2 is 2.09 bits per heavy atom. The number of carboxylic acids is 1. The van der Waals surface area contributed by atoms with E-state index in [4.69, 9.17) is 21.7 Å². The maximum absolute atomic E-state index is 10.2. The van der Waals surface area contributed by atoms with Crippen molar-refractivity contribution in [3.05, 3.63) is 0 Å². The van der Waals surface area contributed by atoms with E-state index in [9.17, 15) is 4.79 Å². The molecule has 1 unspecified atom stereocenters. The van der Waals surface area contributed by atoms with Crippen LogP contribution in [0.2, 0.25) is 0 Å². The highest BCUT2D eigenvalue weighted by atomic mass is 16.4. The van der Waals surface area contributed by atoms with E-state index in [0.717, 1.165) is 0 Å². The third-order valence-electron chi connectivity index (χ3n) is 1.16. The van der Waals surface area contributed by atoms with E-state index in [-0.39, 0.29) is 12.8 Å². The zero-order chi connectivity index (χ0) is 9.07. The molecule has 0 aliphatic rings. The number of aliphatic hydroxyl groups excluding tert-OH is 1. The van der Waals surface area contributed by atoms with Gasteiger partial charge in [-0.05, 0) is 6.92 Å². The van der Waals surface area contributed by atoms with Crippen LogP contribution in [-0.2, 0) is 4.79 Å². The fourth-order valence-corrected chi connectivity index (χ4v) is 0.904. The Morgan fingerprint density at radius 3 is 2.36 bits per heavy atom. The summed E-state index contributed by atoms with van der Waals surface area (Å²) in [5.74, 6) is -1.06. The third-order valence-corrected chi connectivity index (χ3v) is 1.16. The quantitative estimate of drug-likeness (QED) is 0.390. The Morgan fingerprint density at radius 1 is 1.64 bits per heavy atom. The standard InChI is InChI=1S/C6H14N2O3/c1-4(9)2-6(7,8)3-5(10)11/h4,9H,2-3,7-8H2,1H3,(H,10,11). The van der Waals surface area contributed by atoms with Gasteiger partial charge >= 0.3 is 5.97 Å². The van der Waals surface area contributed by atoms with Crippen LogP contribution in [0.3, 0.4) is 0 Å². The second-order valence-electron chi connectivity index (χ2n) is 2.86. The summed E-state index contributed by atoms with van der Waals surface area (Å²) in [6, 6.07) is 0. The first kappa shape index (κ1) is 10.3. The van der Waals surface area contributed by atoms with E-state index in [2.05, 4.69) is 0 Å². The Balaban J connectivity index is 3.89. The van der Waals surface area contributed by atoms with Gasteiger partial charge in [-0.15, -0.1) is 0 Å². The smallest absolute Gasteiger partial charge is 0.306 e. The number of aliphatic carboxylic acids is 1. The number of rotatable bonds is 4. The average molecular weight is 162 g/mol. The minimum atomic E-state index is -1.31. The van der Waals surface area contributed by atoms with Crippen molar-refractivity contribution in [3.8, 4) is 0 Å². The number of hydrogen-bond donors (Lipinski definition) is 4. The predicted octanol–water partition coefficient (Wildman–Crippen LogP) is -1.15. The summed E-state index contributed by atoms with van der Waals surface area (Å²) in [6.07, 6.45) is -0.929. The van der Waals surface area contributed by atoms with Crippen molar-refractivity contribution in [2.24, 2.45) is 11.5 Å². The van der Waals surface area contributed by atoms with Crippen LogP contribution in [-0.4, -0.2) is 27.9 Å². The lowest BCUT2D eigenvalue weighted by Gasteiger charge is -2.23. The van der Waals surface area contributed by atoms with E-state index in [1.165, 1.54) is 6.92 Å². The van der Waals surface area contributed by atoms with Crippen molar-refractivity contribution in [2.75, 3.05) is 0 Å². The van der Waals surface area contributed by atoms with E-state index in [1.807, 2.05) is 0 Å². The average Bonchev–Trinajstić information content (AvgIpc) is 1.53. The molecule has 0 aromatic rings. The number of carbonyl (C=O) groups is 1. The molecule has 5 heteroatoms. The number of nitrogens with two attached hydrogens (primary N) is 2. The van der Waals surface area contributed by atoms with Gasteiger partial charge < -0.3 is 21.7 Å². The van der Waals surface area contributed by atoms with Gasteiger partial charge in [-0.2, -0.15) is 0 Å². The van der Waals surface area contributed by atoms with Crippen LogP contribution in [0.4, 0.5) is 0 Å². The third kappa shape index (κ3) is 5.78. The Labute approximate surface area is 65.0 Å². The molecule has 0 aromatic carbocycles. The van der Waals surface area contributed by atoms with Gasteiger partial charge in [0.05, 0.1) is 18.2 Å². The predicted molar refractivity (Wildman–Crippen MR) is 39.7 cm³/mol. The highest BCUT2D eigenvalue weighted by Gasteiger charge is 2.24. The minimum Gasteiger partial charge on any atom is -0.481 e. The Kier molecular flexibility index (Phi) is 3.44. The molecular formula is C6H14N2O3. The van der Waals surface area contributed by atoms with Crippen LogP contribution < -0.4 is 11.5 Å². The van der Waals surface area contributed by atoms with Gasteiger partial charge in [-0.1, -0.05) is 0 Å². The molecule has 6 N–H and O–H groups in total. The molecule has 5 nitrogen and oxygen atoms in total. The maximum Gasteiger partial charge on any atom is 0.306 e. The molecule has 0 aliphatic carbocycles. The molecule has 66 valence electrons. The zero-order valence-corrected chi connectivity index (χ0v) is 6.45. The van der Waals surface area contributed by atoms with E-state index < -0.39 is 17.7 Å². The van der Waals surface area contributed by atoms with Gasteiger partial charge in [0.25, 0.3) is 0 Å². The fourth-order valence-electron chi connectivity index (χ4n) is 0.904. The van der Waals surface area contributed by atoms with Gasteiger partial charge in [0.2, 0.25) is 0 Å². The van der Waals surface area contributed by atoms with Crippen LogP contribution in [0.15, 0.2) is 0 Å². The van der Waals surface area contributed by atoms with Crippen LogP contribution in [0.25, 0.3) is 0 Å². The highest BCUT2D eigenvalue weighted by Crippen LogP contribution is 2.07. The lowest BCUT2D eigenvalue weighted by atomic mass is 10.0. The van der Waals surface area contributed by atoms with Crippen LogP contribution in [0.5, 0.6) is 0 Å². The lowest BCUT2D eigenvalue weighted by molar-refractivity contribution is -0.138. The Hall–Kier alpha value is -0.650. The topological polar surface area (TPSA) is 110 Å². The molecule has 0 heterocycles. The molecular weight excluding hydrogens is 148 g/mol. The molecule has 0 saturated heterocycles. The normalized spacial score (nSPS) is 14.5. The summed E-state index contributed by atoms with van der Waals surface area (Å²) >= 11 is 0. The van der Waals surface area contributed by atoms with Crippen molar-refractivity contribution in [1.29, 1.82) is 0 Å². The lowest BCUT2D eigenvalue weighted by Crippen LogP contribution is -2.52. The molecule has 0 aromatic heterocycles. The summed E-state index contributed by atoms with van der Waals surface area (Å²) in [5.41, 5.74) is 9.41. The summed E-state index contributed by atoms with van der Waals surface area (Å²) in [5, 5.41) is 17.2. The molecule has 0 aliphatic heterocycles. The molecule has 0 saturated carbocycles. The van der Waals surface area contributed by atoms with Crippen molar-refractivity contribution in [2.45, 2.75) is 31.5 Å². The summed E-state index contributed by atoms with van der Waals surface area (Å²) < 4.78 is 0. The van der Waals surface area contributed by atoms with E-state index >= 15 is 0 Å². The highest BCUT2D eigenvalue weighted by molar-refractivity contribution is 5.68. The Bertz CT molecular complexity index is 145. The molecule has 0 amide bonds. The van der Waals surface area contributed by atoms with Crippen molar-refractivity contribution in [3.63, 3.8) is 0 Å². The summed E-state index contributed by atoms with van der Waals surface area (Å²) in [4.78, 5) is 10.2. The fraction of sp³-hybridized carbons (Fsp3) is 0.833. The summed E-state index contributed by atoms with van der Waals surface area (Å²) in [7, 11) is 0. The molecule has 0 fully saturated rings. The molecule has 1 atom stereocenters. The number of aliphatic hydroxyl groups is 1.